The minimum Gasteiger partial charge on any atom is -0.0859 e. The minimum absolute atomic E-state index is 1.20. The zero-order valence-electron chi connectivity index (χ0n) is 9.73. The van der Waals surface area contributed by atoms with E-state index in [-0.39, 0.29) is 0 Å². The van der Waals surface area contributed by atoms with Crippen molar-refractivity contribution < 1.29 is 0 Å². The van der Waals surface area contributed by atoms with Gasteiger partial charge in [0.2, 0.25) is 0 Å². The average Bonchev–Trinajstić information content (AvgIpc) is 2.11. The van der Waals surface area contributed by atoms with Crippen LogP contribution in [0.1, 0.15) is 72.1 Å². The quantitative estimate of drug-likeness (QED) is 0.362. The summed E-state index contributed by atoms with van der Waals surface area (Å²) >= 11 is 0. The predicted molar refractivity (Wildman–Crippen MR) is 62.0 cm³/mol. The molecule has 0 atom stereocenters. The molecule has 0 N–H and O–H groups in total. The molecular weight excluding hydrogens is 156 g/mol. The van der Waals surface area contributed by atoms with Crippen molar-refractivity contribution in [3.05, 3.63) is 11.6 Å². The maximum absolute atomic E-state index is 2.35. The van der Waals surface area contributed by atoms with Crippen molar-refractivity contribution in [2.45, 2.75) is 72.1 Å². The summed E-state index contributed by atoms with van der Waals surface area (Å²) in [5.74, 6) is 0. The molecule has 0 aromatic carbocycles. The van der Waals surface area contributed by atoms with E-state index in [4.69, 9.17) is 0 Å². The van der Waals surface area contributed by atoms with Crippen molar-refractivity contribution in [1.82, 2.24) is 0 Å². The van der Waals surface area contributed by atoms with Crippen LogP contribution in [0.25, 0.3) is 0 Å². The van der Waals surface area contributed by atoms with Gasteiger partial charge in [0.1, 0.15) is 0 Å². The molecule has 0 heterocycles. The molecule has 0 nitrogen and oxygen atoms in total. The second-order valence-corrected chi connectivity index (χ2v) is 3.98. The monoisotopic (exact) mass is 182 g/mol. The Bertz CT molecular complexity index is 122. The van der Waals surface area contributed by atoms with Gasteiger partial charge in [-0.2, -0.15) is 0 Å². The Hall–Kier alpha value is -0.260. The van der Waals surface area contributed by atoms with Gasteiger partial charge in [0.25, 0.3) is 0 Å². The van der Waals surface area contributed by atoms with Gasteiger partial charge in [0, 0.05) is 0 Å². The molecule has 0 aliphatic rings. The van der Waals surface area contributed by atoms with Crippen LogP contribution in [-0.4, -0.2) is 0 Å². The molecule has 13 heavy (non-hydrogen) atoms. The summed E-state index contributed by atoms with van der Waals surface area (Å²) in [7, 11) is 0. The molecule has 0 radical (unpaired) electrons. The van der Waals surface area contributed by atoms with Crippen molar-refractivity contribution in [3.63, 3.8) is 0 Å². The van der Waals surface area contributed by atoms with Gasteiger partial charge in [-0.1, -0.05) is 57.6 Å². The van der Waals surface area contributed by atoms with Crippen LogP contribution >= 0.6 is 0 Å². The molecule has 0 saturated carbocycles. The highest BCUT2D eigenvalue weighted by atomic mass is 14.0. The van der Waals surface area contributed by atoms with E-state index < -0.39 is 0 Å². The average molecular weight is 182 g/mol. The first-order chi connectivity index (χ1) is 6.31. The fourth-order valence-corrected chi connectivity index (χ4v) is 1.63. The number of allylic oxidation sites excluding steroid dienone is 2. The summed E-state index contributed by atoms with van der Waals surface area (Å²) in [6.07, 6.45) is 13.3. The zero-order chi connectivity index (χ0) is 9.94. The van der Waals surface area contributed by atoms with Crippen molar-refractivity contribution in [2.75, 3.05) is 0 Å². The van der Waals surface area contributed by atoms with Crippen LogP contribution in [0.15, 0.2) is 11.6 Å². The van der Waals surface area contributed by atoms with Crippen molar-refractivity contribution >= 4 is 0 Å². The molecule has 0 bridgehead atoms. The summed E-state index contributed by atoms with van der Waals surface area (Å²) in [4.78, 5) is 0. The second kappa shape index (κ2) is 9.83. The molecule has 0 aromatic heterocycles. The van der Waals surface area contributed by atoms with E-state index >= 15 is 0 Å². The van der Waals surface area contributed by atoms with E-state index in [0.29, 0.717) is 0 Å². The van der Waals surface area contributed by atoms with E-state index in [9.17, 15) is 0 Å². The molecule has 0 rings (SSSR count). The topological polar surface area (TPSA) is 0 Å². The largest absolute Gasteiger partial charge is 0.0859 e. The lowest BCUT2D eigenvalue weighted by molar-refractivity contribution is 0.606. The number of rotatable bonds is 8. The van der Waals surface area contributed by atoms with Crippen LogP contribution in [-0.2, 0) is 0 Å². The maximum atomic E-state index is 2.35. The number of hydrogen-bond acceptors (Lipinski definition) is 0. The highest BCUT2D eigenvalue weighted by Crippen LogP contribution is 2.11. The van der Waals surface area contributed by atoms with Crippen LogP contribution in [0.2, 0.25) is 0 Å². The van der Waals surface area contributed by atoms with Crippen LogP contribution in [0.5, 0.6) is 0 Å². The Morgan fingerprint density at radius 3 is 2.15 bits per heavy atom. The molecule has 0 aromatic rings. The first kappa shape index (κ1) is 12.7. The van der Waals surface area contributed by atoms with Gasteiger partial charge >= 0.3 is 0 Å². The first-order valence-corrected chi connectivity index (χ1v) is 5.96. The molecular formula is C13H26. The Labute approximate surface area is 84.4 Å². The normalized spacial score (nSPS) is 12.1. The Balaban J connectivity index is 3.11. The second-order valence-electron chi connectivity index (χ2n) is 3.98. The van der Waals surface area contributed by atoms with Gasteiger partial charge < -0.3 is 0 Å². The highest BCUT2D eigenvalue weighted by molar-refractivity contribution is 4.96. The summed E-state index contributed by atoms with van der Waals surface area (Å²) in [5.41, 5.74) is 1.58. The van der Waals surface area contributed by atoms with Crippen LogP contribution in [0.3, 0.4) is 0 Å². The molecule has 0 saturated heterocycles. The van der Waals surface area contributed by atoms with E-state index in [1.165, 1.54) is 51.4 Å². The third kappa shape index (κ3) is 9.66. The molecule has 78 valence electrons. The lowest BCUT2D eigenvalue weighted by atomic mass is 10.1. The van der Waals surface area contributed by atoms with Gasteiger partial charge in [0.15, 0.2) is 0 Å². The van der Waals surface area contributed by atoms with E-state index in [1.807, 2.05) is 0 Å². The standard InChI is InChI=1S/C13H26/c1-4-6-7-8-9-10-12-13(3)11-5-2/h11H,4-10,12H2,1-3H3/b13-11+. The van der Waals surface area contributed by atoms with Gasteiger partial charge in [-0.15, -0.1) is 0 Å². The van der Waals surface area contributed by atoms with E-state index in [0.717, 1.165) is 0 Å². The highest BCUT2D eigenvalue weighted by Gasteiger charge is 1.91. The number of unbranched alkanes of at least 4 members (excludes halogenated alkanes) is 5. The van der Waals surface area contributed by atoms with Crippen LogP contribution < -0.4 is 0 Å². The summed E-state index contributed by atoms with van der Waals surface area (Å²) in [5, 5.41) is 0. The van der Waals surface area contributed by atoms with Crippen molar-refractivity contribution in [1.29, 1.82) is 0 Å². The summed E-state index contributed by atoms with van der Waals surface area (Å²) in [6.45, 7) is 6.74. The Morgan fingerprint density at radius 2 is 1.54 bits per heavy atom. The van der Waals surface area contributed by atoms with E-state index in [2.05, 4.69) is 26.8 Å². The van der Waals surface area contributed by atoms with Gasteiger partial charge in [-0.05, 0) is 26.2 Å². The zero-order valence-corrected chi connectivity index (χ0v) is 9.73. The maximum Gasteiger partial charge on any atom is -0.0323 e. The smallest absolute Gasteiger partial charge is 0.0323 e. The third-order valence-electron chi connectivity index (χ3n) is 2.48. The van der Waals surface area contributed by atoms with Crippen LogP contribution in [0, 0.1) is 0 Å². The summed E-state index contributed by atoms with van der Waals surface area (Å²) < 4.78 is 0. The molecule has 0 fully saturated rings. The third-order valence-corrected chi connectivity index (χ3v) is 2.48. The van der Waals surface area contributed by atoms with Crippen molar-refractivity contribution in [3.8, 4) is 0 Å². The molecule has 0 heteroatoms. The molecule has 0 spiro atoms. The fourth-order valence-electron chi connectivity index (χ4n) is 1.63. The van der Waals surface area contributed by atoms with Gasteiger partial charge in [-0.25, -0.2) is 0 Å². The molecule has 0 unspecified atom stereocenters. The van der Waals surface area contributed by atoms with Gasteiger partial charge in [0.05, 0.1) is 0 Å². The Kier molecular flexibility index (Phi) is 9.63. The lowest BCUT2D eigenvalue weighted by Crippen LogP contribution is -1.81. The molecule has 0 aliphatic heterocycles. The van der Waals surface area contributed by atoms with E-state index in [1.54, 1.807) is 5.57 Å². The Morgan fingerprint density at radius 1 is 0.923 bits per heavy atom. The fraction of sp³-hybridized carbons (Fsp3) is 0.846. The SMILES string of the molecule is CC/C=C(\C)CCCCCCCC. The lowest BCUT2D eigenvalue weighted by Gasteiger charge is -2.01. The summed E-state index contributed by atoms with van der Waals surface area (Å²) in [6, 6.07) is 0. The molecule has 0 aliphatic carbocycles. The molecule has 0 amide bonds. The van der Waals surface area contributed by atoms with Crippen LogP contribution in [0.4, 0.5) is 0 Å². The van der Waals surface area contributed by atoms with Crippen molar-refractivity contribution in [2.24, 2.45) is 0 Å². The minimum atomic E-state index is 1.20. The first-order valence-electron chi connectivity index (χ1n) is 5.96. The van der Waals surface area contributed by atoms with Gasteiger partial charge in [-0.3, -0.25) is 0 Å². The number of hydrogen-bond donors (Lipinski definition) is 0. The predicted octanol–water partition coefficient (Wildman–Crippen LogP) is 5.09.